The molecule has 0 spiro atoms. The molecule has 3 aromatic rings. The SMILES string of the molecule is CC(C)(C)C(=O)OC(COc1cccc2[nH]ncc12)CN1CCC(COc2ccccc2)CC1. The minimum absolute atomic E-state index is 0.214. The lowest BCUT2D eigenvalue weighted by Crippen LogP contribution is -2.44. The number of hydrogen-bond donors (Lipinski definition) is 1. The minimum atomic E-state index is -0.565. The summed E-state index contributed by atoms with van der Waals surface area (Å²) in [4.78, 5) is 15.0. The Morgan fingerprint density at radius 3 is 2.59 bits per heavy atom. The number of benzene rings is 2. The molecule has 0 aliphatic carbocycles. The first kappa shape index (κ1) is 24.1. The first-order chi connectivity index (χ1) is 16.4. The Hall–Kier alpha value is -3.06. The van der Waals surface area contributed by atoms with Crippen LogP contribution in [-0.2, 0) is 9.53 Å². The molecular formula is C27H35N3O4. The van der Waals surface area contributed by atoms with Gasteiger partial charge >= 0.3 is 5.97 Å². The van der Waals surface area contributed by atoms with Crippen LogP contribution in [0.3, 0.4) is 0 Å². The van der Waals surface area contributed by atoms with Crippen molar-refractivity contribution in [1.29, 1.82) is 0 Å². The van der Waals surface area contributed by atoms with Crippen LogP contribution < -0.4 is 9.47 Å². The second-order valence-electron chi connectivity index (χ2n) is 10.0. The van der Waals surface area contributed by atoms with Gasteiger partial charge in [-0.15, -0.1) is 0 Å². The molecule has 34 heavy (non-hydrogen) atoms. The second-order valence-corrected chi connectivity index (χ2v) is 10.0. The molecular weight excluding hydrogens is 430 g/mol. The van der Waals surface area contributed by atoms with Crippen LogP contribution in [0.25, 0.3) is 10.9 Å². The van der Waals surface area contributed by atoms with Crippen LogP contribution in [0.1, 0.15) is 33.6 Å². The highest BCUT2D eigenvalue weighted by Crippen LogP contribution is 2.25. The summed E-state index contributed by atoms with van der Waals surface area (Å²) in [5.74, 6) is 1.97. The van der Waals surface area contributed by atoms with Gasteiger partial charge in [-0.3, -0.25) is 14.8 Å². The average molecular weight is 466 g/mol. The fourth-order valence-electron chi connectivity index (χ4n) is 4.06. The van der Waals surface area contributed by atoms with Crippen molar-refractivity contribution in [2.45, 2.75) is 39.7 Å². The van der Waals surface area contributed by atoms with E-state index in [-0.39, 0.29) is 12.1 Å². The maximum Gasteiger partial charge on any atom is 0.311 e. The van der Waals surface area contributed by atoms with Gasteiger partial charge in [0, 0.05) is 6.54 Å². The molecule has 182 valence electrons. The maximum atomic E-state index is 12.6. The summed E-state index contributed by atoms with van der Waals surface area (Å²) in [6.45, 7) is 9.19. The van der Waals surface area contributed by atoms with E-state index in [0.717, 1.165) is 54.9 Å². The molecule has 1 aliphatic rings. The number of carbonyl (C=O) groups excluding carboxylic acids is 1. The summed E-state index contributed by atoms with van der Waals surface area (Å²) in [5, 5.41) is 7.97. The van der Waals surface area contributed by atoms with Crippen molar-refractivity contribution >= 4 is 16.9 Å². The van der Waals surface area contributed by atoms with E-state index in [9.17, 15) is 4.79 Å². The standard InChI is InChI=1S/C27H35N3O4/c1-27(2,3)26(31)34-22(19-33-25-11-7-10-24-23(25)16-28-29-24)17-30-14-12-20(13-15-30)18-32-21-8-5-4-6-9-21/h4-11,16,20,22H,12-15,17-19H2,1-3H3,(H,28,29). The molecule has 1 aromatic heterocycles. The smallest absolute Gasteiger partial charge is 0.311 e. The maximum absolute atomic E-state index is 12.6. The van der Waals surface area contributed by atoms with Crippen molar-refractivity contribution in [1.82, 2.24) is 15.1 Å². The summed E-state index contributed by atoms with van der Waals surface area (Å²) in [6.07, 6.45) is 3.51. The van der Waals surface area contributed by atoms with Crippen LogP contribution in [0.15, 0.2) is 54.7 Å². The molecule has 4 rings (SSSR count). The number of para-hydroxylation sites is 1. The molecule has 1 fully saturated rings. The number of likely N-dealkylation sites (tertiary alicyclic amines) is 1. The van der Waals surface area contributed by atoms with Crippen molar-refractivity contribution in [3.63, 3.8) is 0 Å². The Morgan fingerprint density at radius 2 is 1.85 bits per heavy atom. The number of carbonyl (C=O) groups is 1. The molecule has 2 aromatic carbocycles. The lowest BCUT2D eigenvalue weighted by atomic mass is 9.97. The van der Waals surface area contributed by atoms with Gasteiger partial charge in [0.15, 0.2) is 0 Å². The summed E-state index contributed by atoms with van der Waals surface area (Å²) in [7, 11) is 0. The zero-order valence-electron chi connectivity index (χ0n) is 20.3. The summed E-state index contributed by atoms with van der Waals surface area (Å²) in [6, 6.07) is 15.8. The quantitative estimate of drug-likeness (QED) is 0.462. The minimum Gasteiger partial charge on any atom is -0.493 e. The van der Waals surface area contributed by atoms with Gasteiger partial charge in [0.2, 0.25) is 0 Å². The first-order valence-corrected chi connectivity index (χ1v) is 12.0. The molecule has 7 heteroatoms. The largest absolute Gasteiger partial charge is 0.493 e. The highest BCUT2D eigenvalue weighted by molar-refractivity contribution is 5.84. The Labute approximate surface area is 201 Å². The van der Waals surface area contributed by atoms with Crippen molar-refractivity contribution in [2.75, 3.05) is 32.8 Å². The number of aromatic amines is 1. The number of ether oxygens (including phenoxy) is 3. The highest BCUT2D eigenvalue weighted by atomic mass is 16.6. The van der Waals surface area contributed by atoms with Crippen molar-refractivity contribution in [2.24, 2.45) is 11.3 Å². The molecule has 0 saturated carbocycles. The second kappa shape index (κ2) is 10.9. The number of rotatable bonds is 9. The molecule has 2 heterocycles. The molecule has 0 amide bonds. The van der Waals surface area contributed by atoms with Crippen LogP contribution in [0.5, 0.6) is 11.5 Å². The van der Waals surface area contributed by atoms with Crippen molar-refractivity contribution < 1.29 is 19.0 Å². The monoisotopic (exact) mass is 465 g/mol. The normalized spacial score (nSPS) is 16.3. The zero-order valence-corrected chi connectivity index (χ0v) is 20.3. The predicted octanol–water partition coefficient (Wildman–Crippen LogP) is 4.69. The van der Waals surface area contributed by atoms with Gasteiger partial charge in [-0.05, 0) is 76.9 Å². The Bertz CT molecular complexity index is 1050. The van der Waals surface area contributed by atoms with E-state index in [1.54, 1.807) is 6.20 Å². The molecule has 1 saturated heterocycles. The third-order valence-electron chi connectivity index (χ3n) is 6.15. The Balaban J connectivity index is 1.32. The number of esters is 1. The summed E-state index contributed by atoms with van der Waals surface area (Å²) < 4.78 is 18.0. The molecule has 7 nitrogen and oxygen atoms in total. The third kappa shape index (κ3) is 6.50. The molecule has 1 N–H and O–H groups in total. The lowest BCUT2D eigenvalue weighted by Gasteiger charge is -2.34. The number of fused-ring (bicyclic) bond motifs is 1. The Kier molecular flexibility index (Phi) is 7.73. The van der Waals surface area contributed by atoms with E-state index < -0.39 is 5.41 Å². The highest BCUT2D eigenvalue weighted by Gasteiger charge is 2.29. The van der Waals surface area contributed by atoms with Gasteiger partial charge in [-0.1, -0.05) is 24.3 Å². The number of H-pyrrole nitrogens is 1. The van der Waals surface area contributed by atoms with Crippen LogP contribution in [0, 0.1) is 11.3 Å². The molecule has 1 unspecified atom stereocenters. The van der Waals surface area contributed by atoms with E-state index in [2.05, 4.69) is 15.1 Å². The number of hydrogen-bond acceptors (Lipinski definition) is 6. The number of nitrogens with one attached hydrogen (secondary N) is 1. The van der Waals surface area contributed by atoms with Gasteiger partial charge in [0.05, 0.1) is 29.1 Å². The fourth-order valence-corrected chi connectivity index (χ4v) is 4.06. The third-order valence-corrected chi connectivity index (χ3v) is 6.15. The number of piperidine rings is 1. The van der Waals surface area contributed by atoms with Gasteiger partial charge in [0.1, 0.15) is 24.2 Å². The van der Waals surface area contributed by atoms with Crippen LogP contribution in [0.2, 0.25) is 0 Å². The van der Waals surface area contributed by atoms with Gasteiger partial charge < -0.3 is 14.2 Å². The van der Waals surface area contributed by atoms with Gasteiger partial charge in [-0.25, -0.2) is 0 Å². The Morgan fingerprint density at radius 1 is 1.09 bits per heavy atom. The number of aromatic nitrogens is 2. The zero-order chi connectivity index (χ0) is 24.0. The molecule has 1 aliphatic heterocycles. The van der Waals surface area contributed by atoms with E-state index in [1.165, 1.54) is 0 Å². The average Bonchev–Trinajstić information content (AvgIpc) is 3.32. The van der Waals surface area contributed by atoms with E-state index in [0.29, 0.717) is 19.1 Å². The first-order valence-electron chi connectivity index (χ1n) is 12.0. The van der Waals surface area contributed by atoms with Gasteiger partial charge in [-0.2, -0.15) is 5.10 Å². The predicted molar refractivity (Wildman–Crippen MR) is 132 cm³/mol. The number of nitrogens with zero attached hydrogens (tertiary/aromatic N) is 2. The van der Waals surface area contributed by atoms with E-state index >= 15 is 0 Å². The van der Waals surface area contributed by atoms with Crippen molar-refractivity contribution in [3.8, 4) is 11.5 Å². The van der Waals surface area contributed by atoms with Crippen LogP contribution in [-0.4, -0.2) is 60.0 Å². The summed E-state index contributed by atoms with van der Waals surface area (Å²) >= 11 is 0. The van der Waals surface area contributed by atoms with Crippen LogP contribution in [0.4, 0.5) is 0 Å². The van der Waals surface area contributed by atoms with E-state index in [1.807, 2.05) is 69.3 Å². The topological polar surface area (TPSA) is 76.7 Å². The van der Waals surface area contributed by atoms with Crippen molar-refractivity contribution in [3.05, 3.63) is 54.7 Å². The van der Waals surface area contributed by atoms with Gasteiger partial charge in [0.25, 0.3) is 0 Å². The molecule has 0 radical (unpaired) electrons. The molecule has 0 bridgehead atoms. The lowest BCUT2D eigenvalue weighted by molar-refractivity contribution is -0.161. The summed E-state index contributed by atoms with van der Waals surface area (Å²) in [5.41, 5.74) is 0.352. The molecule has 1 atom stereocenters. The van der Waals surface area contributed by atoms with Crippen LogP contribution >= 0.6 is 0 Å². The fraction of sp³-hybridized carbons (Fsp3) is 0.481. The van der Waals surface area contributed by atoms with E-state index in [4.69, 9.17) is 14.2 Å².